The van der Waals surface area contributed by atoms with Crippen LogP contribution in [0.2, 0.25) is 5.02 Å². The van der Waals surface area contributed by atoms with Gasteiger partial charge in [-0.15, -0.1) is 0 Å². The second-order valence-electron chi connectivity index (χ2n) is 4.17. The first-order valence-corrected chi connectivity index (χ1v) is 6.42. The lowest BCUT2D eigenvalue weighted by Crippen LogP contribution is -2.15. The van der Waals surface area contributed by atoms with E-state index in [9.17, 15) is 0 Å². The highest BCUT2D eigenvalue weighted by Gasteiger charge is 2.14. The van der Waals surface area contributed by atoms with E-state index in [2.05, 4.69) is 22.4 Å². The standard InChI is InChI=1S/C12H18ClN5/c1-4-17-11(12(13)9(2)16-17)8-18-10(7-14-3)5-6-15-18/h5-6,14H,4,7-8H2,1-3H3. The van der Waals surface area contributed by atoms with Crippen molar-refractivity contribution in [3.8, 4) is 0 Å². The summed E-state index contributed by atoms with van der Waals surface area (Å²) in [6, 6.07) is 2.00. The molecule has 0 saturated heterocycles. The average molecular weight is 268 g/mol. The Balaban J connectivity index is 2.30. The second kappa shape index (κ2) is 5.54. The molecular weight excluding hydrogens is 250 g/mol. The molecule has 0 radical (unpaired) electrons. The van der Waals surface area contributed by atoms with Crippen molar-refractivity contribution in [2.24, 2.45) is 0 Å². The molecule has 2 rings (SSSR count). The smallest absolute Gasteiger partial charge is 0.0866 e. The van der Waals surface area contributed by atoms with Crippen molar-refractivity contribution in [3.63, 3.8) is 0 Å². The normalized spacial score (nSPS) is 11.1. The highest BCUT2D eigenvalue weighted by molar-refractivity contribution is 6.31. The Bertz CT molecular complexity index is 529. The van der Waals surface area contributed by atoms with Gasteiger partial charge in [0.05, 0.1) is 28.6 Å². The minimum atomic E-state index is 0.650. The van der Waals surface area contributed by atoms with E-state index in [1.165, 1.54) is 0 Å². The molecule has 0 aliphatic rings. The summed E-state index contributed by atoms with van der Waals surface area (Å²) in [4.78, 5) is 0. The zero-order valence-electron chi connectivity index (χ0n) is 10.9. The number of nitrogens with one attached hydrogen (secondary N) is 1. The summed E-state index contributed by atoms with van der Waals surface area (Å²) in [5.41, 5.74) is 3.02. The van der Waals surface area contributed by atoms with E-state index in [1.807, 2.05) is 29.4 Å². The molecule has 0 saturated carbocycles. The van der Waals surface area contributed by atoms with Crippen molar-refractivity contribution >= 4 is 11.6 Å². The Hall–Kier alpha value is -1.33. The third-order valence-electron chi connectivity index (χ3n) is 2.91. The van der Waals surface area contributed by atoms with Crippen molar-refractivity contribution in [1.29, 1.82) is 0 Å². The number of halogens is 1. The summed E-state index contributed by atoms with van der Waals surface area (Å²) in [7, 11) is 1.92. The van der Waals surface area contributed by atoms with E-state index in [0.29, 0.717) is 6.54 Å². The first-order chi connectivity index (χ1) is 8.67. The molecule has 6 heteroatoms. The third-order valence-corrected chi connectivity index (χ3v) is 3.41. The molecule has 0 aliphatic heterocycles. The van der Waals surface area contributed by atoms with E-state index in [-0.39, 0.29) is 0 Å². The molecule has 18 heavy (non-hydrogen) atoms. The minimum absolute atomic E-state index is 0.650. The lowest BCUT2D eigenvalue weighted by atomic mass is 10.3. The summed E-state index contributed by atoms with van der Waals surface area (Å²) < 4.78 is 3.88. The molecule has 2 aromatic heterocycles. The maximum absolute atomic E-state index is 6.30. The predicted octanol–water partition coefficient (Wildman–Crippen LogP) is 1.83. The fourth-order valence-electron chi connectivity index (χ4n) is 2.00. The lowest BCUT2D eigenvalue weighted by molar-refractivity contribution is 0.556. The predicted molar refractivity (Wildman–Crippen MR) is 71.7 cm³/mol. The zero-order valence-corrected chi connectivity index (χ0v) is 11.7. The van der Waals surface area contributed by atoms with E-state index in [4.69, 9.17) is 11.6 Å². The summed E-state index contributed by atoms with van der Waals surface area (Å²) >= 11 is 6.30. The van der Waals surface area contributed by atoms with Gasteiger partial charge in [-0.2, -0.15) is 10.2 Å². The van der Waals surface area contributed by atoms with Crippen molar-refractivity contribution in [1.82, 2.24) is 24.9 Å². The Morgan fingerprint density at radius 1 is 1.39 bits per heavy atom. The summed E-state index contributed by atoms with van der Waals surface area (Å²) in [6.07, 6.45) is 1.81. The largest absolute Gasteiger partial charge is 0.314 e. The molecule has 0 unspecified atom stereocenters. The van der Waals surface area contributed by atoms with Crippen LogP contribution in [-0.2, 0) is 19.6 Å². The Kier molecular flexibility index (Phi) is 4.04. The van der Waals surface area contributed by atoms with E-state index in [0.717, 1.165) is 35.2 Å². The number of nitrogens with zero attached hydrogens (tertiary/aromatic N) is 4. The SMILES string of the molecule is CCn1nc(C)c(Cl)c1Cn1nccc1CNC. The molecule has 2 heterocycles. The third kappa shape index (κ3) is 2.42. The van der Waals surface area contributed by atoms with E-state index < -0.39 is 0 Å². The topological polar surface area (TPSA) is 47.7 Å². The van der Waals surface area contributed by atoms with E-state index >= 15 is 0 Å². The van der Waals surface area contributed by atoms with Gasteiger partial charge in [-0.1, -0.05) is 11.6 Å². The van der Waals surface area contributed by atoms with Crippen LogP contribution >= 0.6 is 11.6 Å². The average Bonchev–Trinajstić information content (AvgIpc) is 2.90. The Morgan fingerprint density at radius 2 is 2.17 bits per heavy atom. The van der Waals surface area contributed by atoms with Gasteiger partial charge in [0.2, 0.25) is 0 Å². The number of aryl methyl sites for hydroxylation is 2. The highest BCUT2D eigenvalue weighted by atomic mass is 35.5. The maximum Gasteiger partial charge on any atom is 0.0866 e. The van der Waals surface area contributed by atoms with Gasteiger partial charge in [0.1, 0.15) is 0 Å². The molecule has 1 N–H and O–H groups in total. The van der Waals surface area contributed by atoms with Gasteiger partial charge in [-0.05, 0) is 27.0 Å². The lowest BCUT2D eigenvalue weighted by Gasteiger charge is -2.09. The van der Waals surface area contributed by atoms with Crippen LogP contribution in [0.4, 0.5) is 0 Å². The van der Waals surface area contributed by atoms with Crippen LogP contribution in [0.25, 0.3) is 0 Å². The van der Waals surface area contributed by atoms with Crippen LogP contribution in [0.15, 0.2) is 12.3 Å². The van der Waals surface area contributed by atoms with Crippen LogP contribution in [0.3, 0.4) is 0 Å². The molecule has 5 nitrogen and oxygen atoms in total. The highest BCUT2D eigenvalue weighted by Crippen LogP contribution is 2.21. The summed E-state index contributed by atoms with van der Waals surface area (Å²) in [5, 5.41) is 12.6. The molecule has 0 amide bonds. The van der Waals surface area contributed by atoms with Gasteiger partial charge >= 0.3 is 0 Å². The Morgan fingerprint density at radius 3 is 2.83 bits per heavy atom. The van der Waals surface area contributed by atoms with Crippen molar-refractivity contribution in [2.75, 3.05) is 7.05 Å². The molecule has 0 atom stereocenters. The number of rotatable bonds is 5. The van der Waals surface area contributed by atoms with Gasteiger partial charge in [0.25, 0.3) is 0 Å². The molecule has 0 aliphatic carbocycles. The molecular formula is C12H18ClN5. The molecule has 2 aromatic rings. The van der Waals surface area contributed by atoms with Gasteiger partial charge < -0.3 is 5.32 Å². The fourth-order valence-corrected chi connectivity index (χ4v) is 2.19. The van der Waals surface area contributed by atoms with E-state index in [1.54, 1.807) is 6.20 Å². The quantitative estimate of drug-likeness (QED) is 0.899. The van der Waals surface area contributed by atoms with Crippen LogP contribution < -0.4 is 5.32 Å². The zero-order chi connectivity index (χ0) is 13.1. The number of aromatic nitrogens is 4. The Labute approximate surface area is 112 Å². The van der Waals surface area contributed by atoms with Crippen molar-refractivity contribution in [2.45, 2.75) is 33.5 Å². The van der Waals surface area contributed by atoms with Crippen LogP contribution in [0.5, 0.6) is 0 Å². The van der Waals surface area contributed by atoms with Crippen LogP contribution in [0.1, 0.15) is 24.0 Å². The minimum Gasteiger partial charge on any atom is -0.314 e. The first kappa shape index (κ1) is 13.1. The van der Waals surface area contributed by atoms with Gasteiger partial charge in [0.15, 0.2) is 0 Å². The summed E-state index contributed by atoms with van der Waals surface area (Å²) in [5.74, 6) is 0. The van der Waals surface area contributed by atoms with Gasteiger partial charge in [-0.25, -0.2) is 0 Å². The number of hydrogen-bond donors (Lipinski definition) is 1. The van der Waals surface area contributed by atoms with Crippen molar-refractivity contribution < 1.29 is 0 Å². The van der Waals surface area contributed by atoms with Crippen LogP contribution in [0, 0.1) is 6.92 Å². The van der Waals surface area contributed by atoms with Crippen molar-refractivity contribution in [3.05, 3.63) is 34.4 Å². The molecule has 0 bridgehead atoms. The molecule has 0 aromatic carbocycles. The monoisotopic (exact) mass is 267 g/mol. The maximum atomic E-state index is 6.30. The van der Waals surface area contributed by atoms with Gasteiger partial charge in [-0.3, -0.25) is 9.36 Å². The molecule has 98 valence electrons. The first-order valence-electron chi connectivity index (χ1n) is 6.04. The summed E-state index contributed by atoms with van der Waals surface area (Å²) in [6.45, 7) is 6.24. The molecule has 0 fully saturated rings. The van der Waals surface area contributed by atoms with Gasteiger partial charge in [0, 0.05) is 19.3 Å². The molecule has 0 spiro atoms. The second-order valence-corrected chi connectivity index (χ2v) is 4.55. The van der Waals surface area contributed by atoms with Crippen LogP contribution in [-0.4, -0.2) is 26.6 Å². The fraction of sp³-hybridized carbons (Fsp3) is 0.500. The number of hydrogen-bond acceptors (Lipinski definition) is 3.